The largest absolute Gasteiger partial charge is 0.399 e. The summed E-state index contributed by atoms with van der Waals surface area (Å²) >= 11 is 0. The van der Waals surface area contributed by atoms with E-state index < -0.39 is 0 Å². The van der Waals surface area contributed by atoms with Crippen LogP contribution in [0.5, 0.6) is 0 Å². The molecule has 17 heavy (non-hydrogen) atoms. The van der Waals surface area contributed by atoms with Crippen LogP contribution in [0.2, 0.25) is 0 Å². The van der Waals surface area contributed by atoms with Crippen LogP contribution in [0, 0.1) is 0 Å². The third kappa shape index (κ3) is 4.44. The monoisotopic (exact) mass is 236 g/mol. The summed E-state index contributed by atoms with van der Waals surface area (Å²) in [6.07, 6.45) is 1.38. The summed E-state index contributed by atoms with van der Waals surface area (Å²) in [6.45, 7) is 3.23. The van der Waals surface area contributed by atoms with Gasteiger partial charge in [-0.1, -0.05) is 6.92 Å². The fourth-order valence-corrected chi connectivity index (χ4v) is 1.42. The van der Waals surface area contributed by atoms with Gasteiger partial charge >= 0.3 is 0 Å². The van der Waals surface area contributed by atoms with Gasteiger partial charge in [0.15, 0.2) is 0 Å². The maximum Gasteiger partial charge on any atom is 0.229 e. The molecule has 0 spiro atoms. The first-order chi connectivity index (χ1) is 8.15. The van der Waals surface area contributed by atoms with E-state index in [1.807, 2.05) is 19.1 Å². The molecule has 0 aromatic heterocycles. The SMILES string of the molecule is CCCOCCC(=O)N(C)c1ccc(N)cc1. The molecule has 0 aliphatic heterocycles. The average molecular weight is 236 g/mol. The average Bonchev–Trinajstić information content (AvgIpc) is 2.34. The van der Waals surface area contributed by atoms with Gasteiger partial charge in [-0.3, -0.25) is 4.79 Å². The number of carbonyl (C=O) groups is 1. The zero-order valence-corrected chi connectivity index (χ0v) is 10.5. The first kappa shape index (κ1) is 13.5. The lowest BCUT2D eigenvalue weighted by Crippen LogP contribution is -2.27. The van der Waals surface area contributed by atoms with Gasteiger partial charge < -0.3 is 15.4 Å². The zero-order chi connectivity index (χ0) is 12.7. The van der Waals surface area contributed by atoms with Crippen molar-refractivity contribution in [1.82, 2.24) is 0 Å². The van der Waals surface area contributed by atoms with Crippen molar-refractivity contribution in [2.24, 2.45) is 0 Å². The number of benzene rings is 1. The molecule has 1 rings (SSSR count). The summed E-state index contributed by atoms with van der Waals surface area (Å²) in [4.78, 5) is 13.4. The highest BCUT2D eigenvalue weighted by atomic mass is 16.5. The van der Waals surface area contributed by atoms with Crippen LogP contribution in [0.1, 0.15) is 19.8 Å². The van der Waals surface area contributed by atoms with E-state index in [4.69, 9.17) is 10.5 Å². The second-order valence-electron chi connectivity index (χ2n) is 3.91. The Hall–Kier alpha value is -1.55. The highest BCUT2D eigenvalue weighted by molar-refractivity contribution is 5.92. The van der Waals surface area contributed by atoms with Gasteiger partial charge in [-0.15, -0.1) is 0 Å². The predicted molar refractivity (Wildman–Crippen MR) is 70.0 cm³/mol. The number of nitrogens with two attached hydrogens (primary N) is 1. The summed E-state index contributed by atoms with van der Waals surface area (Å²) in [7, 11) is 1.76. The van der Waals surface area contributed by atoms with Crippen molar-refractivity contribution in [3.63, 3.8) is 0 Å². The number of anilines is 2. The van der Waals surface area contributed by atoms with Crippen LogP contribution in [0.15, 0.2) is 24.3 Å². The number of nitrogens with zero attached hydrogens (tertiary/aromatic N) is 1. The third-order valence-electron chi connectivity index (χ3n) is 2.46. The molecule has 0 atom stereocenters. The molecule has 0 unspecified atom stereocenters. The fraction of sp³-hybridized carbons (Fsp3) is 0.462. The molecule has 94 valence electrons. The number of hydrogen-bond donors (Lipinski definition) is 1. The second kappa shape index (κ2) is 6.91. The van der Waals surface area contributed by atoms with E-state index in [1.54, 1.807) is 24.1 Å². The van der Waals surface area contributed by atoms with Crippen LogP contribution in [0.3, 0.4) is 0 Å². The van der Waals surface area contributed by atoms with Gasteiger partial charge in [0.25, 0.3) is 0 Å². The molecule has 0 saturated heterocycles. The molecule has 0 radical (unpaired) electrons. The van der Waals surface area contributed by atoms with Crippen LogP contribution in [0.4, 0.5) is 11.4 Å². The van der Waals surface area contributed by atoms with Gasteiger partial charge in [0.1, 0.15) is 0 Å². The molecule has 0 bridgehead atoms. The Balaban J connectivity index is 2.43. The topological polar surface area (TPSA) is 55.6 Å². The number of amides is 1. The molecular weight excluding hydrogens is 216 g/mol. The quantitative estimate of drug-likeness (QED) is 0.607. The first-order valence-electron chi connectivity index (χ1n) is 5.85. The molecule has 1 aromatic rings. The van der Waals surface area contributed by atoms with Gasteiger partial charge in [-0.25, -0.2) is 0 Å². The van der Waals surface area contributed by atoms with Crippen molar-refractivity contribution in [2.75, 3.05) is 30.9 Å². The van der Waals surface area contributed by atoms with E-state index in [2.05, 4.69) is 0 Å². The number of nitrogen functional groups attached to an aromatic ring is 1. The molecule has 0 heterocycles. The summed E-state index contributed by atoms with van der Waals surface area (Å²) in [5.41, 5.74) is 7.14. The van der Waals surface area contributed by atoms with E-state index in [9.17, 15) is 4.79 Å². The van der Waals surface area contributed by atoms with Gasteiger partial charge in [0, 0.05) is 25.0 Å². The summed E-state index contributed by atoms with van der Waals surface area (Å²) < 4.78 is 5.29. The van der Waals surface area contributed by atoms with Crippen molar-refractivity contribution in [3.8, 4) is 0 Å². The first-order valence-corrected chi connectivity index (χ1v) is 5.85. The van der Waals surface area contributed by atoms with E-state index in [0.29, 0.717) is 25.3 Å². The normalized spacial score (nSPS) is 10.2. The lowest BCUT2D eigenvalue weighted by atomic mass is 10.2. The Kier molecular flexibility index (Phi) is 5.49. The Morgan fingerprint density at radius 3 is 2.53 bits per heavy atom. The number of ether oxygens (including phenoxy) is 1. The molecular formula is C13H20N2O2. The Labute approximate surface area is 102 Å². The Morgan fingerprint density at radius 2 is 1.94 bits per heavy atom. The fourth-order valence-electron chi connectivity index (χ4n) is 1.42. The summed E-state index contributed by atoms with van der Waals surface area (Å²) in [5.74, 6) is 0.0471. The van der Waals surface area contributed by atoms with Crippen LogP contribution >= 0.6 is 0 Å². The van der Waals surface area contributed by atoms with Gasteiger partial charge in [-0.05, 0) is 30.7 Å². The van der Waals surface area contributed by atoms with Crippen LogP contribution in [0.25, 0.3) is 0 Å². The molecule has 0 fully saturated rings. The van der Waals surface area contributed by atoms with Crippen LogP contribution < -0.4 is 10.6 Å². The minimum Gasteiger partial charge on any atom is -0.399 e. The minimum absolute atomic E-state index is 0.0471. The summed E-state index contributed by atoms with van der Waals surface area (Å²) in [6, 6.07) is 7.24. The van der Waals surface area contributed by atoms with Crippen molar-refractivity contribution >= 4 is 17.3 Å². The molecule has 4 nitrogen and oxygen atoms in total. The number of carbonyl (C=O) groups excluding carboxylic acids is 1. The van der Waals surface area contributed by atoms with E-state index >= 15 is 0 Å². The van der Waals surface area contributed by atoms with Crippen molar-refractivity contribution in [1.29, 1.82) is 0 Å². The lowest BCUT2D eigenvalue weighted by molar-refractivity contribution is -0.119. The maximum absolute atomic E-state index is 11.8. The van der Waals surface area contributed by atoms with Crippen molar-refractivity contribution in [3.05, 3.63) is 24.3 Å². The van der Waals surface area contributed by atoms with Crippen molar-refractivity contribution in [2.45, 2.75) is 19.8 Å². The molecule has 1 aromatic carbocycles. The van der Waals surface area contributed by atoms with Crippen LogP contribution in [-0.4, -0.2) is 26.2 Å². The highest BCUT2D eigenvalue weighted by Gasteiger charge is 2.10. The molecule has 1 amide bonds. The molecule has 0 saturated carbocycles. The van der Waals surface area contributed by atoms with Crippen molar-refractivity contribution < 1.29 is 9.53 Å². The van der Waals surface area contributed by atoms with Crippen LogP contribution in [-0.2, 0) is 9.53 Å². The Morgan fingerprint density at radius 1 is 1.29 bits per heavy atom. The summed E-state index contributed by atoms with van der Waals surface area (Å²) in [5, 5.41) is 0. The third-order valence-corrected chi connectivity index (χ3v) is 2.46. The molecule has 2 N–H and O–H groups in total. The number of rotatable bonds is 6. The predicted octanol–water partition coefficient (Wildman–Crippen LogP) is 2.05. The Bertz CT molecular complexity index is 349. The molecule has 4 heteroatoms. The standard InChI is InChI=1S/C13H20N2O2/c1-3-9-17-10-8-13(16)15(2)12-6-4-11(14)5-7-12/h4-7H,3,8-10,14H2,1-2H3. The van der Waals surface area contributed by atoms with Gasteiger partial charge in [-0.2, -0.15) is 0 Å². The highest BCUT2D eigenvalue weighted by Crippen LogP contribution is 2.15. The van der Waals surface area contributed by atoms with E-state index in [1.165, 1.54) is 0 Å². The maximum atomic E-state index is 11.8. The van der Waals surface area contributed by atoms with Gasteiger partial charge in [0.2, 0.25) is 5.91 Å². The van der Waals surface area contributed by atoms with E-state index in [0.717, 1.165) is 12.1 Å². The number of hydrogen-bond acceptors (Lipinski definition) is 3. The zero-order valence-electron chi connectivity index (χ0n) is 10.5. The smallest absolute Gasteiger partial charge is 0.229 e. The minimum atomic E-state index is 0.0471. The molecule has 0 aliphatic carbocycles. The lowest BCUT2D eigenvalue weighted by Gasteiger charge is -2.17. The van der Waals surface area contributed by atoms with E-state index in [-0.39, 0.29) is 5.91 Å². The van der Waals surface area contributed by atoms with Gasteiger partial charge in [0.05, 0.1) is 13.0 Å². The molecule has 0 aliphatic rings. The second-order valence-corrected chi connectivity index (χ2v) is 3.91.